The standard InChI is InChI=1S/C14H19FN2O/c1-10-3-2-4-13(9-16)17(10)14(18)11-5-7-12(15)8-6-11/h5-8,10,13H,2-4,9,16H2,1H3. The predicted octanol–water partition coefficient (Wildman–Crippen LogP) is 2.17. The highest BCUT2D eigenvalue weighted by Gasteiger charge is 2.31. The van der Waals surface area contributed by atoms with Gasteiger partial charge in [0.25, 0.3) is 5.91 Å². The fourth-order valence-electron chi connectivity index (χ4n) is 2.63. The second kappa shape index (κ2) is 5.48. The Morgan fingerprint density at radius 2 is 2.06 bits per heavy atom. The second-order valence-corrected chi connectivity index (χ2v) is 4.89. The number of hydrogen-bond donors (Lipinski definition) is 1. The number of amides is 1. The lowest BCUT2D eigenvalue weighted by Crippen LogP contribution is -2.51. The molecule has 0 aliphatic carbocycles. The Bertz CT molecular complexity index is 418. The molecule has 1 aliphatic heterocycles. The van der Waals surface area contributed by atoms with Crippen molar-refractivity contribution in [2.45, 2.75) is 38.3 Å². The molecular formula is C14H19FN2O. The van der Waals surface area contributed by atoms with Crippen LogP contribution < -0.4 is 5.73 Å². The number of likely N-dealkylation sites (tertiary alicyclic amines) is 1. The van der Waals surface area contributed by atoms with E-state index >= 15 is 0 Å². The molecule has 98 valence electrons. The predicted molar refractivity (Wildman–Crippen MR) is 68.7 cm³/mol. The fraction of sp³-hybridized carbons (Fsp3) is 0.500. The molecule has 1 amide bonds. The summed E-state index contributed by atoms with van der Waals surface area (Å²) in [7, 11) is 0. The van der Waals surface area contributed by atoms with E-state index in [1.54, 1.807) is 0 Å². The number of hydrogen-bond acceptors (Lipinski definition) is 2. The van der Waals surface area contributed by atoms with Gasteiger partial charge in [-0.2, -0.15) is 0 Å². The lowest BCUT2D eigenvalue weighted by atomic mass is 9.95. The van der Waals surface area contributed by atoms with Crippen molar-refractivity contribution in [3.05, 3.63) is 35.6 Å². The van der Waals surface area contributed by atoms with Gasteiger partial charge in [-0.15, -0.1) is 0 Å². The minimum Gasteiger partial charge on any atom is -0.332 e. The van der Waals surface area contributed by atoms with Crippen LogP contribution in [0.1, 0.15) is 36.5 Å². The molecule has 0 radical (unpaired) electrons. The van der Waals surface area contributed by atoms with Crippen molar-refractivity contribution < 1.29 is 9.18 Å². The largest absolute Gasteiger partial charge is 0.332 e. The Labute approximate surface area is 107 Å². The molecule has 0 saturated carbocycles. The fourth-order valence-corrected chi connectivity index (χ4v) is 2.63. The van der Waals surface area contributed by atoms with Crippen molar-refractivity contribution in [3.8, 4) is 0 Å². The SMILES string of the molecule is CC1CCCC(CN)N1C(=O)c1ccc(F)cc1. The monoisotopic (exact) mass is 250 g/mol. The number of nitrogens with two attached hydrogens (primary N) is 1. The molecule has 3 nitrogen and oxygen atoms in total. The van der Waals surface area contributed by atoms with E-state index in [9.17, 15) is 9.18 Å². The van der Waals surface area contributed by atoms with Gasteiger partial charge in [-0.1, -0.05) is 0 Å². The van der Waals surface area contributed by atoms with Crippen molar-refractivity contribution in [2.24, 2.45) is 5.73 Å². The van der Waals surface area contributed by atoms with Crippen LogP contribution in [0.3, 0.4) is 0 Å². The van der Waals surface area contributed by atoms with Crippen LogP contribution in [0.4, 0.5) is 4.39 Å². The van der Waals surface area contributed by atoms with Gasteiger partial charge in [0.1, 0.15) is 5.82 Å². The maximum absolute atomic E-state index is 12.9. The summed E-state index contributed by atoms with van der Waals surface area (Å²) in [6.45, 7) is 2.53. The van der Waals surface area contributed by atoms with Crippen molar-refractivity contribution in [3.63, 3.8) is 0 Å². The van der Waals surface area contributed by atoms with Gasteiger partial charge in [-0.05, 0) is 50.5 Å². The van der Waals surface area contributed by atoms with Crippen molar-refractivity contribution in [2.75, 3.05) is 6.54 Å². The summed E-state index contributed by atoms with van der Waals surface area (Å²) in [4.78, 5) is 14.3. The third-order valence-corrected chi connectivity index (χ3v) is 3.63. The van der Waals surface area contributed by atoms with Crippen LogP contribution in [-0.4, -0.2) is 29.4 Å². The summed E-state index contributed by atoms with van der Waals surface area (Å²) in [5.74, 6) is -0.369. The summed E-state index contributed by atoms with van der Waals surface area (Å²) in [5.41, 5.74) is 6.27. The summed E-state index contributed by atoms with van der Waals surface area (Å²) < 4.78 is 12.9. The van der Waals surface area contributed by atoms with E-state index in [0.717, 1.165) is 19.3 Å². The quantitative estimate of drug-likeness (QED) is 0.874. The van der Waals surface area contributed by atoms with Gasteiger partial charge in [-0.3, -0.25) is 4.79 Å². The van der Waals surface area contributed by atoms with E-state index < -0.39 is 0 Å². The average molecular weight is 250 g/mol. The van der Waals surface area contributed by atoms with Crippen LogP contribution in [0, 0.1) is 5.82 Å². The van der Waals surface area contributed by atoms with Crippen LogP contribution in [0.15, 0.2) is 24.3 Å². The highest BCUT2D eigenvalue weighted by molar-refractivity contribution is 5.94. The molecule has 1 aliphatic rings. The van der Waals surface area contributed by atoms with Crippen LogP contribution in [0.25, 0.3) is 0 Å². The molecule has 1 aromatic carbocycles. The van der Waals surface area contributed by atoms with E-state index in [4.69, 9.17) is 5.73 Å². The van der Waals surface area contributed by atoms with E-state index in [2.05, 4.69) is 0 Å². The van der Waals surface area contributed by atoms with Crippen molar-refractivity contribution in [1.29, 1.82) is 0 Å². The third kappa shape index (κ3) is 2.53. The average Bonchev–Trinajstić information content (AvgIpc) is 2.38. The normalized spacial score (nSPS) is 24.1. The molecule has 0 spiro atoms. The Morgan fingerprint density at radius 3 is 2.67 bits per heavy atom. The topological polar surface area (TPSA) is 46.3 Å². The van der Waals surface area contributed by atoms with Gasteiger partial charge in [0, 0.05) is 24.2 Å². The number of rotatable bonds is 2. The number of carbonyl (C=O) groups excluding carboxylic acids is 1. The van der Waals surface area contributed by atoms with Gasteiger partial charge >= 0.3 is 0 Å². The van der Waals surface area contributed by atoms with E-state index in [1.165, 1.54) is 24.3 Å². The minimum atomic E-state index is -0.325. The summed E-state index contributed by atoms with van der Waals surface area (Å²) in [5, 5.41) is 0. The van der Waals surface area contributed by atoms with Gasteiger partial charge in [0.2, 0.25) is 0 Å². The van der Waals surface area contributed by atoms with E-state index in [1.807, 2.05) is 11.8 Å². The smallest absolute Gasteiger partial charge is 0.254 e. The Hall–Kier alpha value is -1.42. The first kappa shape index (κ1) is 13.0. The zero-order valence-electron chi connectivity index (χ0n) is 10.6. The maximum Gasteiger partial charge on any atom is 0.254 e. The molecule has 1 saturated heterocycles. The lowest BCUT2D eigenvalue weighted by Gasteiger charge is -2.40. The summed E-state index contributed by atoms with van der Waals surface area (Å²) in [6, 6.07) is 6.01. The summed E-state index contributed by atoms with van der Waals surface area (Å²) in [6.07, 6.45) is 3.06. The van der Waals surface area contributed by atoms with Crippen molar-refractivity contribution >= 4 is 5.91 Å². The van der Waals surface area contributed by atoms with Gasteiger partial charge in [0.05, 0.1) is 0 Å². The highest BCUT2D eigenvalue weighted by Crippen LogP contribution is 2.24. The van der Waals surface area contributed by atoms with Crippen LogP contribution in [0.5, 0.6) is 0 Å². The molecule has 2 unspecified atom stereocenters. The molecule has 1 heterocycles. The van der Waals surface area contributed by atoms with Crippen molar-refractivity contribution in [1.82, 2.24) is 4.90 Å². The minimum absolute atomic E-state index is 0.0438. The molecule has 18 heavy (non-hydrogen) atoms. The number of halogens is 1. The number of benzene rings is 1. The zero-order valence-corrected chi connectivity index (χ0v) is 10.6. The Balaban J connectivity index is 2.22. The first-order chi connectivity index (χ1) is 8.63. The molecule has 2 N–H and O–H groups in total. The van der Waals surface area contributed by atoms with Gasteiger partial charge < -0.3 is 10.6 Å². The highest BCUT2D eigenvalue weighted by atomic mass is 19.1. The van der Waals surface area contributed by atoms with Crippen LogP contribution in [0.2, 0.25) is 0 Å². The number of nitrogens with zero attached hydrogens (tertiary/aromatic N) is 1. The molecule has 4 heteroatoms. The number of piperidine rings is 1. The second-order valence-electron chi connectivity index (χ2n) is 4.89. The first-order valence-electron chi connectivity index (χ1n) is 6.41. The number of carbonyl (C=O) groups is 1. The third-order valence-electron chi connectivity index (χ3n) is 3.63. The molecule has 0 aromatic heterocycles. The Morgan fingerprint density at radius 1 is 1.39 bits per heavy atom. The summed E-state index contributed by atoms with van der Waals surface area (Å²) >= 11 is 0. The molecule has 1 aromatic rings. The van der Waals surface area contributed by atoms with Crippen LogP contribution >= 0.6 is 0 Å². The molecular weight excluding hydrogens is 231 g/mol. The molecule has 1 fully saturated rings. The van der Waals surface area contributed by atoms with E-state index in [0.29, 0.717) is 12.1 Å². The molecule has 2 rings (SSSR count). The molecule has 2 atom stereocenters. The lowest BCUT2D eigenvalue weighted by molar-refractivity contribution is 0.0494. The van der Waals surface area contributed by atoms with Gasteiger partial charge in [-0.25, -0.2) is 4.39 Å². The maximum atomic E-state index is 12.9. The Kier molecular flexibility index (Phi) is 3.97. The first-order valence-corrected chi connectivity index (χ1v) is 6.41. The van der Waals surface area contributed by atoms with Crippen LogP contribution in [-0.2, 0) is 0 Å². The zero-order chi connectivity index (χ0) is 13.1. The van der Waals surface area contributed by atoms with E-state index in [-0.39, 0.29) is 23.8 Å². The van der Waals surface area contributed by atoms with Gasteiger partial charge in [0.15, 0.2) is 0 Å². The molecule has 0 bridgehead atoms.